The number of aromatic amines is 1. The molecule has 19 heavy (non-hydrogen) atoms. The minimum Gasteiger partial charge on any atom is -0.489 e. The first kappa shape index (κ1) is 12.1. The molecule has 3 rings (SSSR count). The van der Waals surface area contributed by atoms with Crippen LogP contribution in [0.1, 0.15) is 11.1 Å². The molecule has 0 amide bonds. The number of fused-ring (bicyclic) bond motifs is 1. The quantitative estimate of drug-likeness (QED) is 0.733. The first-order chi connectivity index (χ1) is 9.24. The second-order valence-corrected chi connectivity index (χ2v) is 4.99. The Hall–Kier alpha value is -1.93. The van der Waals surface area contributed by atoms with Gasteiger partial charge in [-0.1, -0.05) is 35.9 Å². The highest BCUT2D eigenvalue weighted by Gasteiger charge is 2.06. The van der Waals surface area contributed by atoms with Crippen molar-refractivity contribution in [3.05, 3.63) is 64.8 Å². The van der Waals surface area contributed by atoms with Crippen LogP contribution in [0.3, 0.4) is 0 Å². The predicted molar refractivity (Wildman–Crippen MR) is 78.8 cm³/mol. The Bertz CT molecular complexity index is 718. The average Bonchev–Trinajstić information content (AvgIpc) is 2.81. The number of benzene rings is 2. The molecule has 0 spiro atoms. The second-order valence-electron chi connectivity index (χ2n) is 4.56. The zero-order valence-electron chi connectivity index (χ0n) is 10.6. The summed E-state index contributed by atoms with van der Waals surface area (Å²) in [6.07, 6.45) is 2.00. The van der Waals surface area contributed by atoms with Gasteiger partial charge in [-0.2, -0.15) is 0 Å². The molecule has 3 heteroatoms. The SMILES string of the molecule is Cc1cccc2c(COc3cccc(Cl)c3)c[nH]c12. The van der Waals surface area contributed by atoms with Crippen molar-refractivity contribution in [2.24, 2.45) is 0 Å². The van der Waals surface area contributed by atoms with Crippen molar-refractivity contribution in [1.29, 1.82) is 0 Å². The normalized spacial score (nSPS) is 10.8. The minimum absolute atomic E-state index is 0.532. The summed E-state index contributed by atoms with van der Waals surface area (Å²) in [5, 5.41) is 1.90. The van der Waals surface area contributed by atoms with Crippen LogP contribution in [0.25, 0.3) is 10.9 Å². The van der Waals surface area contributed by atoms with Gasteiger partial charge >= 0.3 is 0 Å². The third-order valence-corrected chi connectivity index (χ3v) is 3.43. The Morgan fingerprint density at radius 1 is 1.16 bits per heavy atom. The van der Waals surface area contributed by atoms with Crippen LogP contribution in [0.2, 0.25) is 5.02 Å². The highest BCUT2D eigenvalue weighted by Crippen LogP contribution is 2.23. The summed E-state index contributed by atoms with van der Waals surface area (Å²) in [5.74, 6) is 0.787. The van der Waals surface area contributed by atoms with E-state index in [1.165, 1.54) is 16.5 Å². The van der Waals surface area contributed by atoms with E-state index in [9.17, 15) is 0 Å². The van der Waals surface area contributed by atoms with Gasteiger partial charge in [0.1, 0.15) is 12.4 Å². The number of aryl methyl sites for hydroxylation is 1. The van der Waals surface area contributed by atoms with Crippen molar-refractivity contribution in [2.75, 3.05) is 0 Å². The summed E-state index contributed by atoms with van der Waals surface area (Å²) in [4.78, 5) is 3.30. The fourth-order valence-corrected chi connectivity index (χ4v) is 2.38. The molecule has 2 nitrogen and oxygen atoms in total. The zero-order valence-corrected chi connectivity index (χ0v) is 11.4. The van der Waals surface area contributed by atoms with Crippen molar-refractivity contribution < 1.29 is 4.74 Å². The Balaban J connectivity index is 1.84. The van der Waals surface area contributed by atoms with Crippen LogP contribution in [0.15, 0.2) is 48.7 Å². The molecule has 0 aliphatic heterocycles. The summed E-state index contributed by atoms with van der Waals surface area (Å²) in [7, 11) is 0. The topological polar surface area (TPSA) is 25.0 Å². The number of nitrogens with one attached hydrogen (secondary N) is 1. The van der Waals surface area contributed by atoms with E-state index in [1.54, 1.807) is 0 Å². The van der Waals surface area contributed by atoms with Gasteiger partial charge < -0.3 is 9.72 Å². The summed E-state index contributed by atoms with van der Waals surface area (Å²) < 4.78 is 5.77. The molecule has 1 heterocycles. The van der Waals surface area contributed by atoms with Crippen molar-refractivity contribution in [1.82, 2.24) is 4.98 Å². The Kier molecular flexibility index (Phi) is 3.18. The van der Waals surface area contributed by atoms with E-state index in [-0.39, 0.29) is 0 Å². The van der Waals surface area contributed by atoms with Crippen LogP contribution in [-0.2, 0) is 6.61 Å². The molecule has 0 aliphatic rings. The molecule has 0 radical (unpaired) electrons. The van der Waals surface area contributed by atoms with Crippen LogP contribution in [0, 0.1) is 6.92 Å². The van der Waals surface area contributed by atoms with Gasteiger partial charge in [0, 0.05) is 27.7 Å². The van der Waals surface area contributed by atoms with Crippen molar-refractivity contribution in [3.63, 3.8) is 0 Å². The first-order valence-corrected chi connectivity index (χ1v) is 6.56. The fourth-order valence-electron chi connectivity index (χ4n) is 2.20. The first-order valence-electron chi connectivity index (χ1n) is 6.18. The zero-order chi connectivity index (χ0) is 13.2. The van der Waals surface area contributed by atoms with E-state index in [0.717, 1.165) is 11.3 Å². The fraction of sp³-hybridized carbons (Fsp3) is 0.125. The molecule has 0 fully saturated rings. The van der Waals surface area contributed by atoms with Gasteiger partial charge in [0.05, 0.1) is 0 Å². The highest BCUT2D eigenvalue weighted by molar-refractivity contribution is 6.30. The lowest BCUT2D eigenvalue weighted by atomic mass is 10.1. The van der Waals surface area contributed by atoms with Crippen molar-refractivity contribution in [3.8, 4) is 5.75 Å². The van der Waals surface area contributed by atoms with Crippen LogP contribution in [-0.4, -0.2) is 4.98 Å². The Labute approximate surface area is 117 Å². The van der Waals surface area contributed by atoms with Crippen LogP contribution in [0.5, 0.6) is 5.75 Å². The number of H-pyrrole nitrogens is 1. The molecule has 0 saturated heterocycles. The molecule has 96 valence electrons. The molecule has 0 unspecified atom stereocenters. The number of hydrogen-bond donors (Lipinski definition) is 1. The number of rotatable bonds is 3. The molecular weight excluding hydrogens is 258 g/mol. The van der Waals surface area contributed by atoms with E-state index in [0.29, 0.717) is 11.6 Å². The molecule has 3 aromatic rings. The Morgan fingerprint density at radius 2 is 2.00 bits per heavy atom. The van der Waals surface area contributed by atoms with Gasteiger partial charge in [-0.05, 0) is 30.7 Å². The van der Waals surface area contributed by atoms with Gasteiger partial charge in [-0.15, -0.1) is 0 Å². The van der Waals surface area contributed by atoms with E-state index >= 15 is 0 Å². The summed E-state index contributed by atoms with van der Waals surface area (Å²) in [5.41, 5.74) is 3.57. The number of hydrogen-bond acceptors (Lipinski definition) is 1. The monoisotopic (exact) mass is 271 g/mol. The van der Waals surface area contributed by atoms with Crippen LogP contribution >= 0.6 is 11.6 Å². The smallest absolute Gasteiger partial charge is 0.121 e. The van der Waals surface area contributed by atoms with Crippen molar-refractivity contribution in [2.45, 2.75) is 13.5 Å². The highest BCUT2D eigenvalue weighted by atomic mass is 35.5. The maximum Gasteiger partial charge on any atom is 0.121 e. The summed E-state index contributed by atoms with van der Waals surface area (Å²) >= 11 is 5.94. The molecule has 0 bridgehead atoms. The largest absolute Gasteiger partial charge is 0.489 e. The molecule has 0 atom stereocenters. The van der Waals surface area contributed by atoms with Gasteiger partial charge in [-0.25, -0.2) is 0 Å². The lowest BCUT2D eigenvalue weighted by molar-refractivity contribution is 0.307. The minimum atomic E-state index is 0.532. The summed E-state index contributed by atoms with van der Waals surface area (Å²) in [6.45, 7) is 2.63. The average molecular weight is 272 g/mol. The van der Waals surface area contributed by atoms with Gasteiger partial charge in [0.15, 0.2) is 0 Å². The Morgan fingerprint density at radius 3 is 2.84 bits per heavy atom. The van der Waals surface area contributed by atoms with Crippen LogP contribution in [0.4, 0.5) is 0 Å². The number of aromatic nitrogens is 1. The maximum atomic E-state index is 5.94. The lowest BCUT2D eigenvalue weighted by Crippen LogP contribution is -1.94. The molecule has 1 N–H and O–H groups in total. The number of ether oxygens (including phenoxy) is 1. The predicted octanol–water partition coefficient (Wildman–Crippen LogP) is 4.71. The standard InChI is InChI=1S/C16H14ClNO/c1-11-4-2-7-15-12(9-18-16(11)15)10-19-14-6-3-5-13(17)8-14/h2-9,18H,10H2,1H3. The third-order valence-electron chi connectivity index (χ3n) is 3.20. The van der Waals surface area contributed by atoms with Crippen molar-refractivity contribution >= 4 is 22.5 Å². The molecule has 0 saturated carbocycles. The summed E-state index contributed by atoms with van der Waals surface area (Å²) in [6, 6.07) is 13.7. The molecule has 0 aliphatic carbocycles. The molecular formula is C16H14ClNO. The number of halogens is 1. The van der Waals surface area contributed by atoms with Gasteiger partial charge in [0.2, 0.25) is 0 Å². The molecule has 2 aromatic carbocycles. The second kappa shape index (κ2) is 4.98. The van der Waals surface area contributed by atoms with Gasteiger partial charge in [-0.3, -0.25) is 0 Å². The lowest BCUT2D eigenvalue weighted by Gasteiger charge is -2.05. The van der Waals surface area contributed by atoms with E-state index < -0.39 is 0 Å². The number of para-hydroxylation sites is 1. The van der Waals surface area contributed by atoms with Gasteiger partial charge in [0.25, 0.3) is 0 Å². The van der Waals surface area contributed by atoms with E-state index in [4.69, 9.17) is 16.3 Å². The third kappa shape index (κ3) is 2.45. The van der Waals surface area contributed by atoms with Crippen LogP contribution < -0.4 is 4.74 Å². The maximum absolute atomic E-state index is 5.94. The molecule has 1 aromatic heterocycles. The van der Waals surface area contributed by atoms with E-state index in [1.807, 2.05) is 30.5 Å². The van der Waals surface area contributed by atoms with E-state index in [2.05, 4.69) is 30.1 Å².